The van der Waals surface area contributed by atoms with Crippen molar-refractivity contribution < 1.29 is 5.11 Å². The largest absolute Gasteiger partial charge is 0.395 e. The first-order valence-electron chi connectivity index (χ1n) is 6.83. The molecule has 2 nitrogen and oxygen atoms in total. The fourth-order valence-electron chi connectivity index (χ4n) is 2.53. The zero-order valence-electron chi connectivity index (χ0n) is 11.9. The van der Waals surface area contributed by atoms with Crippen LogP contribution in [0.1, 0.15) is 16.7 Å². The maximum absolute atomic E-state index is 9.99. The number of halogens is 2. The molecule has 1 unspecified atom stereocenters. The molecule has 0 aliphatic heterocycles. The van der Waals surface area contributed by atoms with E-state index in [0.717, 1.165) is 16.7 Å². The molecule has 0 aliphatic carbocycles. The van der Waals surface area contributed by atoms with Crippen molar-refractivity contribution in [1.29, 1.82) is 0 Å². The lowest BCUT2D eigenvalue weighted by atomic mass is 9.76. The van der Waals surface area contributed by atoms with Crippen LogP contribution in [0.5, 0.6) is 0 Å². The predicted molar refractivity (Wildman–Crippen MR) is 89.2 cm³/mol. The summed E-state index contributed by atoms with van der Waals surface area (Å²) in [6.07, 6.45) is 0.544. The molecule has 0 saturated carbocycles. The van der Waals surface area contributed by atoms with Crippen LogP contribution in [0.4, 0.5) is 0 Å². The van der Waals surface area contributed by atoms with Gasteiger partial charge < -0.3 is 10.8 Å². The van der Waals surface area contributed by atoms with E-state index >= 15 is 0 Å². The molecule has 0 saturated heterocycles. The second-order valence-corrected chi connectivity index (χ2v) is 6.19. The molecular weight excluding hydrogens is 305 g/mol. The van der Waals surface area contributed by atoms with Crippen LogP contribution in [0.25, 0.3) is 0 Å². The lowest BCUT2D eigenvalue weighted by molar-refractivity contribution is 0.196. The molecule has 0 amide bonds. The summed E-state index contributed by atoms with van der Waals surface area (Å²) in [6, 6.07) is 13.6. The van der Waals surface area contributed by atoms with E-state index in [1.54, 1.807) is 6.07 Å². The Kier molecular flexibility index (Phi) is 5.28. The van der Waals surface area contributed by atoms with Crippen molar-refractivity contribution in [3.8, 4) is 0 Å². The molecule has 0 bridgehead atoms. The van der Waals surface area contributed by atoms with Crippen LogP contribution in [0.2, 0.25) is 10.0 Å². The second-order valence-electron chi connectivity index (χ2n) is 5.40. The van der Waals surface area contributed by atoms with Gasteiger partial charge in [0.1, 0.15) is 0 Å². The van der Waals surface area contributed by atoms with Gasteiger partial charge >= 0.3 is 0 Å². The first-order chi connectivity index (χ1) is 10.0. The molecule has 0 aromatic heterocycles. The van der Waals surface area contributed by atoms with Gasteiger partial charge in [-0.3, -0.25) is 0 Å². The molecule has 21 heavy (non-hydrogen) atoms. The summed E-state index contributed by atoms with van der Waals surface area (Å²) in [5, 5.41) is 11.0. The van der Waals surface area contributed by atoms with Gasteiger partial charge in [0.15, 0.2) is 0 Å². The quantitative estimate of drug-likeness (QED) is 0.880. The molecule has 1 atom stereocenters. The minimum absolute atomic E-state index is 0.0458. The van der Waals surface area contributed by atoms with Gasteiger partial charge in [0, 0.05) is 12.0 Å². The monoisotopic (exact) mass is 323 g/mol. The number of benzene rings is 2. The van der Waals surface area contributed by atoms with E-state index in [-0.39, 0.29) is 6.61 Å². The lowest BCUT2D eigenvalue weighted by Crippen LogP contribution is -2.41. The van der Waals surface area contributed by atoms with Crippen LogP contribution in [0.15, 0.2) is 42.5 Å². The third-order valence-corrected chi connectivity index (χ3v) is 4.74. The van der Waals surface area contributed by atoms with Crippen LogP contribution in [0, 0.1) is 6.92 Å². The molecule has 0 aliphatic rings. The molecule has 0 fully saturated rings. The average Bonchev–Trinajstić information content (AvgIpc) is 2.49. The fourth-order valence-corrected chi connectivity index (χ4v) is 2.92. The average molecular weight is 324 g/mol. The van der Waals surface area contributed by atoms with Crippen LogP contribution in [-0.4, -0.2) is 18.3 Å². The van der Waals surface area contributed by atoms with Gasteiger partial charge in [0.25, 0.3) is 0 Å². The first-order valence-corrected chi connectivity index (χ1v) is 7.59. The minimum Gasteiger partial charge on any atom is -0.395 e. The number of aliphatic hydroxyl groups is 1. The van der Waals surface area contributed by atoms with Gasteiger partial charge in [-0.25, -0.2) is 0 Å². The summed E-state index contributed by atoms with van der Waals surface area (Å²) in [6.45, 7) is 2.31. The van der Waals surface area contributed by atoms with Crippen molar-refractivity contribution in [1.82, 2.24) is 0 Å². The van der Waals surface area contributed by atoms with Crippen LogP contribution in [0.3, 0.4) is 0 Å². The molecule has 2 rings (SSSR count). The molecule has 2 aromatic carbocycles. The molecule has 2 aromatic rings. The Hall–Kier alpha value is -1.06. The highest BCUT2D eigenvalue weighted by atomic mass is 35.5. The van der Waals surface area contributed by atoms with Gasteiger partial charge in [-0.2, -0.15) is 0 Å². The summed E-state index contributed by atoms with van der Waals surface area (Å²) in [7, 11) is 0. The molecular formula is C17H19Cl2NO. The topological polar surface area (TPSA) is 46.2 Å². The van der Waals surface area contributed by atoms with Crippen molar-refractivity contribution in [3.63, 3.8) is 0 Å². The standard InChI is InChI=1S/C17H19Cl2NO/c1-12-4-2-6-14(8-12)17(10-20,11-21)9-13-5-3-7-15(18)16(13)19/h2-8,21H,9-11,20H2,1H3. The van der Waals surface area contributed by atoms with E-state index in [1.807, 2.05) is 37.3 Å². The molecule has 0 spiro atoms. The normalized spacial score (nSPS) is 14.0. The highest BCUT2D eigenvalue weighted by Crippen LogP contribution is 2.33. The summed E-state index contributed by atoms with van der Waals surface area (Å²) >= 11 is 12.4. The Labute approximate surface area is 135 Å². The minimum atomic E-state index is -0.555. The van der Waals surface area contributed by atoms with Crippen molar-refractivity contribution in [2.24, 2.45) is 5.73 Å². The van der Waals surface area contributed by atoms with Gasteiger partial charge in [-0.15, -0.1) is 0 Å². The Morgan fingerprint density at radius 1 is 1.14 bits per heavy atom. The number of hydrogen-bond donors (Lipinski definition) is 2. The maximum atomic E-state index is 9.99. The zero-order valence-corrected chi connectivity index (χ0v) is 13.5. The highest BCUT2D eigenvalue weighted by molar-refractivity contribution is 6.42. The lowest BCUT2D eigenvalue weighted by Gasteiger charge is -2.32. The summed E-state index contributed by atoms with van der Waals surface area (Å²) in [5.74, 6) is 0. The SMILES string of the molecule is Cc1cccc(C(CN)(CO)Cc2cccc(Cl)c2Cl)c1. The van der Waals surface area contributed by atoms with Crippen molar-refractivity contribution >= 4 is 23.2 Å². The van der Waals surface area contributed by atoms with Gasteiger partial charge in [-0.1, -0.05) is 65.2 Å². The van der Waals surface area contributed by atoms with E-state index in [1.165, 1.54) is 0 Å². The Bertz CT molecular complexity index is 624. The van der Waals surface area contributed by atoms with Crippen molar-refractivity contribution in [3.05, 3.63) is 69.2 Å². The number of hydrogen-bond acceptors (Lipinski definition) is 2. The van der Waals surface area contributed by atoms with E-state index in [9.17, 15) is 5.11 Å². The Morgan fingerprint density at radius 2 is 1.86 bits per heavy atom. The number of nitrogens with two attached hydrogens (primary N) is 1. The maximum Gasteiger partial charge on any atom is 0.0624 e. The molecule has 4 heteroatoms. The first kappa shape index (κ1) is 16.3. The van der Waals surface area contributed by atoms with Crippen LogP contribution >= 0.6 is 23.2 Å². The fraction of sp³-hybridized carbons (Fsp3) is 0.294. The second kappa shape index (κ2) is 6.80. The van der Waals surface area contributed by atoms with E-state index < -0.39 is 5.41 Å². The van der Waals surface area contributed by atoms with E-state index in [2.05, 4.69) is 6.07 Å². The third kappa shape index (κ3) is 3.41. The van der Waals surface area contributed by atoms with Crippen LogP contribution < -0.4 is 5.73 Å². The van der Waals surface area contributed by atoms with Gasteiger partial charge in [0.05, 0.1) is 16.7 Å². The molecule has 0 radical (unpaired) electrons. The Balaban J connectivity index is 2.45. The highest BCUT2D eigenvalue weighted by Gasteiger charge is 2.31. The molecule has 0 heterocycles. The van der Waals surface area contributed by atoms with Gasteiger partial charge in [0.2, 0.25) is 0 Å². The molecule has 112 valence electrons. The smallest absolute Gasteiger partial charge is 0.0624 e. The van der Waals surface area contributed by atoms with Gasteiger partial charge in [-0.05, 0) is 30.5 Å². The Morgan fingerprint density at radius 3 is 2.48 bits per heavy atom. The summed E-state index contributed by atoms with van der Waals surface area (Å²) in [4.78, 5) is 0. The van der Waals surface area contributed by atoms with Crippen molar-refractivity contribution in [2.75, 3.05) is 13.2 Å². The number of aliphatic hydroxyl groups excluding tert-OH is 1. The van der Waals surface area contributed by atoms with E-state index in [0.29, 0.717) is 23.0 Å². The summed E-state index contributed by atoms with van der Waals surface area (Å²) in [5.41, 5.74) is 8.49. The molecule has 3 N–H and O–H groups in total. The van der Waals surface area contributed by atoms with Crippen LogP contribution in [-0.2, 0) is 11.8 Å². The van der Waals surface area contributed by atoms with E-state index in [4.69, 9.17) is 28.9 Å². The predicted octanol–water partition coefficient (Wildman–Crippen LogP) is 3.73. The number of aryl methyl sites for hydroxylation is 1. The zero-order chi connectivity index (χ0) is 15.5. The number of rotatable bonds is 5. The van der Waals surface area contributed by atoms with Crippen molar-refractivity contribution in [2.45, 2.75) is 18.8 Å². The summed E-state index contributed by atoms with van der Waals surface area (Å²) < 4.78 is 0. The third-order valence-electron chi connectivity index (χ3n) is 3.88.